The molecule has 0 radical (unpaired) electrons. The number of carbonyl (C=O) groups excluding carboxylic acids is 2. The molecule has 2 rings (SSSR count). The second-order valence-corrected chi connectivity index (χ2v) is 8.42. The number of aliphatic imine (C=N–C) groups is 1. The molecule has 0 spiro atoms. The van der Waals surface area contributed by atoms with E-state index in [1.54, 1.807) is 55.5 Å². The van der Waals surface area contributed by atoms with Crippen molar-refractivity contribution < 1.29 is 22.7 Å². The topological polar surface area (TPSA) is 166 Å². The molecule has 0 aliphatic carbocycles. The highest BCUT2D eigenvalue weighted by Gasteiger charge is 2.23. The Bertz CT molecular complexity index is 1060. The van der Waals surface area contributed by atoms with Crippen molar-refractivity contribution >= 4 is 39.2 Å². The van der Waals surface area contributed by atoms with Crippen LogP contribution in [0.25, 0.3) is 0 Å². The fourth-order valence-corrected chi connectivity index (χ4v) is 3.40. The molecule has 0 bridgehead atoms. The maximum Gasteiger partial charge on any atom is 0.324 e. The molecular weight excluding hydrogens is 422 g/mol. The van der Waals surface area contributed by atoms with Gasteiger partial charge in [-0.05, 0) is 49.2 Å². The molecular formula is C20H25N5O5S. The van der Waals surface area contributed by atoms with Crippen molar-refractivity contribution in [2.45, 2.75) is 19.4 Å². The standard InChI is InChI=1S/C20H25N5O5S/c1-3-30-19(27)17(25-31(2,28)29)11-13-7-9-15(10-8-13)23-18(26)14-5-4-6-16(12-14)24-20(21)22/h4-10,12,17,25H,3,11H2,1-2H3,(H,23,26)(H4,21,22,24). The third kappa shape index (κ3) is 8.07. The normalized spacial score (nSPS) is 11.9. The molecule has 166 valence electrons. The van der Waals surface area contributed by atoms with E-state index in [1.807, 2.05) is 0 Å². The van der Waals surface area contributed by atoms with E-state index in [0.717, 1.165) is 6.26 Å². The van der Waals surface area contributed by atoms with Gasteiger partial charge in [0.25, 0.3) is 5.91 Å². The first-order chi connectivity index (χ1) is 14.6. The van der Waals surface area contributed by atoms with Gasteiger partial charge in [0.1, 0.15) is 6.04 Å². The minimum Gasteiger partial charge on any atom is -0.465 e. The summed E-state index contributed by atoms with van der Waals surface area (Å²) in [6, 6.07) is 12.1. The summed E-state index contributed by atoms with van der Waals surface area (Å²) in [7, 11) is -3.61. The third-order valence-corrected chi connectivity index (χ3v) is 4.66. The Morgan fingerprint density at radius 1 is 1.13 bits per heavy atom. The molecule has 1 atom stereocenters. The van der Waals surface area contributed by atoms with Crippen LogP contribution in [0.2, 0.25) is 0 Å². The van der Waals surface area contributed by atoms with Crippen molar-refractivity contribution in [3.63, 3.8) is 0 Å². The van der Waals surface area contributed by atoms with Crippen molar-refractivity contribution in [3.8, 4) is 0 Å². The third-order valence-electron chi connectivity index (χ3n) is 3.95. The van der Waals surface area contributed by atoms with Crippen molar-refractivity contribution in [2.24, 2.45) is 16.5 Å². The molecule has 0 saturated heterocycles. The zero-order valence-electron chi connectivity index (χ0n) is 17.2. The predicted octanol–water partition coefficient (Wildman–Crippen LogP) is 0.867. The van der Waals surface area contributed by atoms with E-state index in [2.05, 4.69) is 15.0 Å². The summed E-state index contributed by atoms with van der Waals surface area (Å²) in [5.74, 6) is -1.13. The Labute approximate surface area is 180 Å². The first-order valence-corrected chi connectivity index (χ1v) is 11.2. The van der Waals surface area contributed by atoms with Gasteiger partial charge >= 0.3 is 5.97 Å². The fraction of sp³-hybridized carbons (Fsp3) is 0.250. The average molecular weight is 448 g/mol. The van der Waals surface area contributed by atoms with Crippen molar-refractivity contribution in [1.29, 1.82) is 0 Å². The number of carbonyl (C=O) groups is 2. The number of nitrogens with two attached hydrogens (primary N) is 2. The molecule has 10 nitrogen and oxygen atoms in total. The summed E-state index contributed by atoms with van der Waals surface area (Å²) in [5.41, 5.74) is 12.7. The quantitative estimate of drug-likeness (QED) is 0.251. The highest BCUT2D eigenvalue weighted by molar-refractivity contribution is 7.88. The monoisotopic (exact) mass is 447 g/mol. The van der Waals surface area contributed by atoms with Crippen LogP contribution in [-0.2, 0) is 26.0 Å². The Hall–Kier alpha value is -3.44. The number of ether oxygens (including phenoxy) is 1. The van der Waals surface area contributed by atoms with Crippen LogP contribution >= 0.6 is 0 Å². The lowest BCUT2D eigenvalue weighted by Gasteiger charge is -2.16. The van der Waals surface area contributed by atoms with Crippen LogP contribution in [0.1, 0.15) is 22.8 Å². The molecule has 0 fully saturated rings. The van der Waals surface area contributed by atoms with Gasteiger partial charge in [-0.3, -0.25) is 9.59 Å². The second-order valence-electron chi connectivity index (χ2n) is 6.64. The summed E-state index contributed by atoms with van der Waals surface area (Å²) < 4.78 is 30.3. The number of sulfonamides is 1. The minimum absolute atomic E-state index is 0.0979. The lowest BCUT2D eigenvalue weighted by atomic mass is 10.1. The number of anilines is 1. The SMILES string of the molecule is CCOC(=O)C(Cc1ccc(NC(=O)c2cccc(N=C(N)N)c2)cc1)NS(C)(=O)=O. The van der Waals surface area contributed by atoms with Crippen molar-refractivity contribution in [2.75, 3.05) is 18.2 Å². The number of hydrogen-bond acceptors (Lipinski definition) is 6. The molecule has 0 aliphatic heterocycles. The maximum atomic E-state index is 12.5. The van der Waals surface area contributed by atoms with E-state index >= 15 is 0 Å². The summed E-state index contributed by atoms with van der Waals surface area (Å²) in [6.45, 7) is 1.77. The van der Waals surface area contributed by atoms with Crippen LogP contribution in [-0.4, -0.2) is 45.2 Å². The number of guanidine groups is 1. The Kier molecular flexibility index (Phi) is 8.11. The summed E-state index contributed by atoms with van der Waals surface area (Å²) in [4.78, 5) is 28.4. The fourth-order valence-electron chi connectivity index (χ4n) is 2.70. The molecule has 11 heteroatoms. The average Bonchev–Trinajstić information content (AvgIpc) is 2.68. The number of rotatable bonds is 9. The van der Waals surface area contributed by atoms with Gasteiger partial charge in [0.15, 0.2) is 5.96 Å². The van der Waals surface area contributed by atoms with Gasteiger partial charge in [-0.2, -0.15) is 0 Å². The summed E-state index contributed by atoms with van der Waals surface area (Å²) in [6.07, 6.45) is 1.07. The van der Waals surface area contributed by atoms with E-state index in [4.69, 9.17) is 16.2 Å². The molecule has 31 heavy (non-hydrogen) atoms. The lowest BCUT2D eigenvalue weighted by Crippen LogP contribution is -2.42. The zero-order valence-corrected chi connectivity index (χ0v) is 18.0. The van der Waals surface area contributed by atoms with Crippen LogP contribution in [0, 0.1) is 0 Å². The van der Waals surface area contributed by atoms with Gasteiger partial charge in [0.05, 0.1) is 18.6 Å². The Morgan fingerprint density at radius 2 is 1.81 bits per heavy atom. The Balaban J connectivity index is 2.09. The van der Waals surface area contributed by atoms with Gasteiger partial charge in [-0.25, -0.2) is 18.1 Å². The number of amides is 1. The molecule has 1 unspecified atom stereocenters. The van der Waals surface area contributed by atoms with Crippen LogP contribution in [0.5, 0.6) is 0 Å². The second kappa shape index (κ2) is 10.5. The minimum atomic E-state index is -3.61. The summed E-state index contributed by atoms with van der Waals surface area (Å²) >= 11 is 0. The van der Waals surface area contributed by atoms with Crippen LogP contribution in [0.4, 0.5) is 11.4 Å². The van der Waals surface area contributed by atoms with Gasteiger partial charge in [0.2, 0.25) is 10.0 Å². The highest BCUT2D eigenvalue weighted by Crippen LogP contribution is 2.17. The first-order valence-electron chi connectivity index (χ1n) is 9.31. The lowest BCUT2D eigenvalue weighted by molar-refractivity contribution is -0.145. The molecule has 0 aliphatic rings. The van der Waals surface area contributed by atoms with E-state index in [9.17, 15) is 18.0 Å². The molecule has 1 amide bonds. The molecule has 0 saturated carbocycles. The van der Waals surface area contributed by atoms with Crippen molar-refractivity contribution in [3.05, 3.63) is 59.7 Å². The number of hydrogen-bond donors (Lipinski definition) is 4. The van der Waals surface area contributed by atoms with Crippen LogP contribution < -0.4 is 21.5 Å². The molecule has 6 N–H and O–H groups in total. The smallest absolute Gasteiger partial charge is 0.324 e. The van der Waals surface area contributed by atoms with Crippen LogP contribution in [0.3, 0.4) is 0 Å². The van der Waals surface area contributed by atoms with E-state index in [-0.39, 0.29) is 24.9 Å². The molecule has 0 heterocycles. The van der Waals surface area contributed by atoms with Gasteiger partial charge < -0.3 is 21.5 Å². The number of benzene rings is 2. The Morgan fingerprint density at radius 3 is 2.39 bits per heavy atom. The summed E-state index contributed by atoms with van der Waals surface area (Å²) in [5, 5.41) is 2.75. The number of nitrogens with one attached hydrogen (secondary N) is 2. The van der Waals surface area contributed by atoms with Gasteiger partial charge in [0, 0.05) is 11.3 Å². The number of nitrogens with zero attached hydrogens (tertiary/aromatic N) is 1. The van der Waals surface area contributed by atoms with Gasteiger partial charge in [-0.1, -0.05) is 18.2 Å². The van der Waals surface area contributed by atoms with Crippen molar-refractivity contribution in [1.82, 2.24) is 4.72 Å². The van der Waals surface area contributed by atoms with Gasteiger partial charge in [-0.15, -0.1) is 0 Å². The zero-order chi connectivity index (χ0) is 23.0. The first kappa shape index (κ1) is 23.8. The van der Waals surface area contributed by atoms with E-state index in [0.29, 0.717) is 22.5 Å². The largest absolute Gasteiger partial charge is 0.465 e. The predicted molar refractivity (Wildman–Crippen MR) is 118 cm³/mol. The molecule has 2 aromatic carbocycles. The number of esters is 1. The van der Waals surface area contributed by atoms with Crippen LogP contribution in [0.15, 0.2) is 53.5 Å². The highest BCUT2D eigenvalue weighted by atomic mass is 32.2. The van der Waals surface area contributed by atoms with E-state index in [1.165, 1.54) is 0 Å². The molecule has 2 aromatic rings. The van der Waals surface area contributed by atoms with E-state index < -0.39 is 22.0 Å². The molecule has 0 aromatic heterocycles. The maximum absolute atomic E-state index is 12.5.